The Hall–Kier alpha value is -0.890. The van der Waals surface area contributed by atoms with Crippen LogP contribution in [0.1, 0.15) is 46.5 Å². The van der Waals surface area contributed by atoms with Crippen LogP contribution in [0.3, 0.4) is 0 Å². The van der Waals surface area contributed by atoms with E-state index in [0.29, 0.717) is 23.5 Å². The van der Waals surface area contributed by atoms with Crippen molar-refractivity contribution in [2.75, 3.05) is 6.61 Å². The lowest BCUT2D eigenvalue weighted by atomic mass is 9.71. The molecule has 0 spiro atoms. The largest absolute Gasteiger partial charge is 0.374 e. The summed E-state index contributed by atoms with van der Waals surface area (Å²) in [7, 11) is 0. The average molecular weight is 274 g/mol. The van der Waals surface area contributed by atoms with Crippen molar-refractivity contribution in [2.45, 2.75) is 52.6 Å². The zero-order valence-corrected chi connectivity index (χ0v) is 12.9. The SMILES string of the molecule is CCC[C@H]1C=C[C@@]2(C)C(=O)CC[C@H]2/C=C2\[C@H]1CO[C@@H]2C. The predicted octanol–water partition coefficient (Wildman–Crippen LogP) is 3.92. The van der Waals surface area contributed by atoms with E-state index in [1.165, 1.54) is 18.4 Å². The summed E-state index contributed by atoms with van der Waals surface area (Å²) in [4.78, 5) is 12.3. The van der Waals surface area contributed by atoms with Crippen molar-refractivity contribution in [2.24, 2.45) is 23.2 Å². The number of carbonyl (C=O) groups excluding carboxylic acids is 1. The Morgan fingerprint density at radius 3 is 3.00 bits per heavy atom. The first-order chi connectivity index (χ1) is 9.56. The van der Waals surface area contributed by atoms with E-state index in [2.05, 4.69) is 39.0 Å². The molecular weight excluding hydrogens is 248 g/mol. The van der Waals surface area contributed by atoms with Crippen LogP contribution in [0.15, 0.2) is 23.8 Å². The molecule has 2 aliphatic carbocycles. The molecule has 2 nitrogen and oxygen atoms in total. The number of ether oxygens (including phenoxy) is 1. The van der Waals surface area contributed by atoms with Crippen molar-refractivity contribution in [3.8, 4) is 0 Å². The van der Waals surface area contributed by atoms with Gasteiger partial charge in [-0.2, -0.15) is 0 Å². The maximum absolute atomic E-state index is 12.3. The van der Waals surface area contributed by atoms with Crippen LogP contribution in [0.4, 0.5) is 0 Å². The molecule has 0 unspecified atom stereocenters. The van der Waals surface area contributed by atoms with Crippen LogP contribution in [0, 0.1) is 23.2 Å². The molecule has 1 aliphatic heterocycles. The standard InChI is InChI=1S/C18H26O2/c1-4-5-13-8-9-18(3)14(6-7-17(18)19)10-15-12(2)20-11-16(13)15/h8-10,12-14,16H,4-7,11H2,1-3H3/b9-8?,15-10-/t12-,13+,14+,16+,18-/m1/s1. The number of carbonyl (C=O) groups is 1. The minimum atomic E-state index is -0.272. The number of hydrogen-bond donors (Lipinski definition) is 0. The summed E-state index contributed by atoms with van der Waals surface area (Å²) in [6.07, 6.45) is 11.3. The molecule has 0 radical (unpaired) electrons. The average Bonchev–Trinajstić information content (AvgIpc) is 2.90. The first-order valence-electron chi connectivity index (χ1n) is 8.12. The smallest absolute Gasteiger partial charge is 0.143 e. The summed E-state index contributed by atoms with van der Waals surface area (Å²) in [5, 5.41) is 0. The van der Waals surface area contributed by atoms with Gasteiger partial charge in [0.25, 0.3) is 0 Å². The van der Waals surface area contributed by atoms with Crippen molar-refractivity contribution < 1.29 is 9.53 Å². The highest BCUT2D eigenvalue weighted by molar-refractivity contribution is 5.89. The first kappa shape index (κ1) is 14.1. The third-order valence-electron chi connectivity index (χ3n) is 5.70. The van der Waals surface area contributed by atoms with E-state index in [1.807, 2.05) is 0 Å². The molecule has 20 heavy (non-hydrogen) atoms. The molecule has 5 atom stereocenters. The van der Waals surface area contributed by atoms with Gasteiger partial charge in [-0.05, 0) is 44.1 Å². The summed E-state index contributed by atoms with van der Waals surface area (Å²) in [5.41, 5.74) is 1.19. The molecule has 0 N–H and O–H groups in total. The van der Waals surface area contributed by atoms with Crippen LogP contribution in [-0.4, -0.2) is 18.5 Å². The Bertz CT molecular complexity index is 462. The monoisotopic (exact) mass is 274 g/mol. The summed E-state index contributed by atoms with van der Waals surface area (Å²) < 4.78 is 5.91. The van der Waals surface area contributed by atoms with E-state index in [4.69, 9.17) is 4.74 Å². The Morgan fingerprint density at radius 1 is 1.45 bits per heavy atom. The predicted molar refractivity (Wildman–Crippen MR) is 80.4 cm³/mol. The molecule has 1 heterocycles. The van der Waals surface area contributed by atoms with E-state index in [0.717, 1.165) is 19.4 Å². The first-order valence-corrected chi connectivity index (χ1v) is 8.12. The van der Waals surface area contributed by atoms with E-state index in [-0.39, 0.29) is 11.5 Å². The molecule has 3 aliphatic rings. The van der Waals surface area contributed by atoms with E-state index >= 15 is 0 Å². The zero-order chi connectivity index (χ0) is 14.3. The number of allylic oxidation sites excluding steroid dienone is 3. The Balaban J connectivity index is 2.01. The number of fused-ring (bicyclic) bond motifs is 2. The van der Waals surface area contributed by atoms with E-state index in [9.17, 15) is 4.79 Å². The minimum Gasteiger partial charge on any atom is -0.374 e. The molecule has 1 saturated carbocycles. The number of hydrogen-bond acceptors (Lipinski definition) is 2. The molecule has 0 bridgehead atoms. The topological polar surface area (TPSA) is 26.3 Å². The second-order valence-corrected chi connectivity index (χ2v) is 6.91. The highest BCUT2D eigenvalue weighted by atomic mass is 16.5. The fourth-order valence-corrected chi connectivity index (χ4v) is 4.23. The molecule has 1 saturated heterocycles. The lowest BCUT2D eigenvalue weighted by Crippen LogP contribution is -2.29. The Labute approximate surface area is 122 Å². The quantitative estimate of drug-likeness (QED) is 0.713. The zero-order valence-electron chi connectivity index (χ0n) is 12.9. The third kappa shape index (κ3) is 2.09. The van der Waals surface area contributed by atoms with Crippen molar-refractivity contribution in [1.29, 1.82) is 0 Å². The second-order valence-electron chi connectivity index (χ2n) is 6.91. The van der Waals surface area contributed by atoms with Gasteiger partial charge >= 0.3 is 0 Å². The third-order valence-corrected chi connectivity index (χ3v) is 5.70. The maximum atomic E-state index is 12.3. The molecule has 3 rings (SSSR count). The van der Waals surface area contributed by atoms with Gasteiger partial charge in [0.15, 0.2) is 0 Å². The van der Waals surface area contributed by atoms with Crippen LogP contribution < -0.4 is 0 Å². The van der Waals surface area contributed by atoms with Gasteiger partial charge in [-0.3, -0.25) is 4.79 Å². The van der Waals surface area contributed by atoms with Gasteiger partial charge < -0.3 is 4.74 Å². The van der Waals surface area contributed by atoms with Crippen molar-refractivity contribution in [3.63, 3.8) is 0 Å². The van der Waals surface area contributed by atoms with Gasteiger partial charge in [-0.1, -0.05) is 31.6 Å². The molecule has 0 aromatic carbocycles. The highest BCUT2D eigenvalue weighted by Crippen LogP contribution is 2.47. The van der Waals surface area contributed by atoms with Crippen molar-refractivity contribution in [1.82, 2.24) is 0 Å². The van der Waals surface area contributed by atoms with Crippen molar-refractivity contribution in [3.05, 3.63) is 23.8 Å². The fourth-order valence-electron chi connectivity index (χ4n) is 4.23. The van der Waals surface area contributed by atoms with Gasteiger partial charge in [0.05, 0.1) is 18.1 Å². The lowest BCUT2D eigenvalue weighted by Gasteiger charge is -2.31. The van der Waals surface area contributed by atoms with E-state index in [1.54, 1.807) is 0 Å². The Morgan fingerprint density at radius 2 is 2.25 bits per heavy atom. The molecule has 2 heteroatoms. The van der Waals surface area contributed by atoms with Gasteiger partial charge in [-0.15, -0.1) is 0 Å². The summed E-state index contributed by atoms with van der Waals surface area (Å²) in [6.45, 7) is 7.37. The van der Waals surface area contributed by atoms with Gasteiger partial charge in [-0.25, -0.2) is 0 Å². The number of Topliss-reactive ketones (excluding diaryl/α,β-unsaturated/α-hetero) is 1. The van der Waals surface area contributed by atoms with Gasteiger partial charge in [0, 0.05) is 12.3 Å². The summed E-state index contributed by atoms with van der Waals surface area (Å²) >= 11 is 0. The molecule has 0 amide bonds. The second kappa shape index (κ2) is 5.14. The van der Waals surface area contributed by atoms with Gasteiger partial charge in [0.1, 0.15) is 5.78 Å². The van der Waals surface area contributed by atoms with E-state index < -0.39 is 0 Å². The molecule has 0 aromatic rings. The normalized spacial score (nSPS) is 46.4. The van der Waals surface area contributed by atoms with Crippen molar-refractivity contribution >= 4 is 5.78 Å². The molecular formula is C18H26O2. The van der Waals surface area contributed by atoms with Crippen LogP contribution in [0.25, 0.3) is 0 Å². The number of ketones is 1. The highest BCUT2D eigenvalue weighted by Gasteiger charge is 2.46. The fraction of sp³-hybridized carbons (Fsp3) is 0.722. The van der Waals surface area contributed by atoms with Crippen LogP contribution in [-0.2, 0) is 9.53 Å². The minimum absolute atomic E-state index is 0.228. The summed E-state index contributed by atoms with van der Waals surface area (Å²) in [6, 6.07) is 0. The molecule has 2 fully saturated rings. The lowest BCUT2D eigenvalue weighted by molar-refractivity contribution is -0.123. The molecule has 0 aromatic heterocycles. The maximum Gasteiger partial charge on any atom is 0.143 e. The van der Waals surface area contributed by atoms with Crippen LogP contribution in [0.2, 0.25) is 0 Å². The Kier molecular flexibility index (Phi) is 3.62. The van der Waals surface area contributed by atoms with Crippen LogP contribution in [0.5, 0.6) is 0 Å². The number of rotatable bonds is 2. The summed E-state index contributed by atoms with van der Waals surface area (Å²) in [5.74, 6) is 1.84. The van der Waals surface area contributed by atoms with Crippen LogP contribution >= 0.6 is 0 Å². The molecule has 110 valence electrons. The van der Waals surface area contributed by atoms with Gasteiger partial charge in [0.2, 0.25) is 0 Å².